The molecule has 13 heavy (non-hydrogen) atoms. The fourth-order valence-electron chi connectivity index (χ4n) is 0.848. The molecule has 1 rings (SSSR count). The average Bonchev–Trinajstić information content (AvgIpc) is 2.13. The Bertz CT molecular complexity index is 303. The van der Waals surface area contributed by atoms with Gasteiger partial charge in [0.25, 0.3) is 0 Å². The first-order chi connectivity index (χ1) is 6.33. The van der Waals surface area contributed by atoms with E-state index >= 15 is 0 Å². The number of unbranched alkanes of at least 4 members (excludes halogenated alkanes) is 1. The van der Waals surface area contributed by atoms with Crippen LogP contribution in [0.15, 0.2) is 12.3 Å². The van der Waals surface area contributed by atoms with Gasteiger partial charge in [-0.15, -0.1) is 12.3 Å². The second kappa shape index (κ2) is 4.99. The van der Waals surface area contributed by atoms with Crippen LogP contribution in [0.1, 0.15) is 12.8 Å². The Kier molecular flexibility index (Phi) is 3.58. The van der Waals surface area contributed by atoms with E-state index in [-0.39, 0.29) is 0 Å². The van der Waals surface area contributed by atoms with Crippen LogP contribution < -0.4 is 11.1 Å². The Labute approximate surface area is 77.6 Å². The van der Waals surface area contributed by atoms with Crippen molar-refractivity contribution in [3.63, 3.8) is 0 Å². The number of nitrogens with one attached hydrogen (secondary N) is 1. The summed E-state index contributed by atoms with van der Waals surface area (Å²) in [5.41, 5.74) is 5.47. The third-order valence-corrected chi connectivity index (χ3v) is 1.46. The molecule has 0 aliphatic carbocycles. The highest BCUT2D eigenvalue weighted by molar-refractivity contribution is 5.34. The molecule has 0 atom stereocenters. The number of hydrogen-bond acceptors (Lipinski definition) is 4. The van der Waals surface area contributed by atoms with Gasteiger partial charge in [0.05, 0.1) is 0 Å². The van der Waals surface area contributed by atoms with Gasteiger partial charge in [0.1, 0.15) is 5.82 Å². The largest absolute Gasteiger partial charge is 0.384 e. The summed E-state index contributed by atoms with van der Waals surface area (Å²) in [6.45, 7) is 0.771. The number of hydrogen-bond donors (Lipinski definition) is 2. The highest BCUT2D eigenvalue weighted by Crippen LogP contribution is 2.00. The summed E-state index contributed by atoms with van der Waals surface area (Å²) < 4.78 is 0. The normalized spacial score (nSPS) is 9.15. The number of anilines is 2. The van der Waals surface area contributed by atoms with Crippen LogP contribution in [0.4, 0.5) is 11.8 Å². The molecule has 3 N–H and O–H groups in total. The first-order valence-electron chi connectivity index (χ1n) is 4.09. The van der Waals surface area contributed by atoms with Crippen LogP contribution in [-0.4, -0.2) is 16.5 Å². The molecule has 0 aliphatic rings. The number of nitrogens with two attached hydrogens (primary N) is 1. The Morgan fingerprint density at radius 1 is 1.62 bits per heavy atom. The standard InChI is InChI=1S/C9H12N4/c1-2-3-4-6-11-9-12-7-5-8(10)13-9/h1,5,7H,3-4,6H2,(H3,10,11,12,13). The monoisotopic (exact) mass is 176 g/mol. The zero-order valence-electron chi connectivity index (χ0n) is 7.33. The van der Waals surface area contributed by atoms with Crippen molar-refractivity contribution in [1.29, 1.82) is 0 Å². The van der Waals surface area contributed by atoms with Gasteiger partial charge in [-0.05, 0) is 12.5 Å². The predicted molar refractivity (Wildman–Crippen MR) is 53.0 cm³/mol. The zero-order valence-corrected chi connectivity index (χ0v) is 7.33. The van der Waals surface area contributed by atoms with Gasteiger partial charge >= 0.3 is 0 Å². The Hall–Kier alpha value is -1.76. The van der Waals surface area contributed by atoms with Crippen LogP contribution >= 0.6 is 0 Å². The molecule has 0 bridgehead atoms. The lowest BCUT2D eigenvalue weighted by Crippen LogP contribution is -2.05. The van der Waals surface area contributed by atoms with E-state index in [0.29, 0.717) is 11.8 Å². The van der Waals surface area contributed by atoms with Crippen LogP contribution in [-0.2, 0) is 0 Å². The summed E-state index contributed by atoms with van der Waals surface area (Å²) in [5, 5.41) is 3.02. The summed E-state index contributed by atoms with van der Waals surface area (Å²) in [7, 11) is 0. The minimum Gasteiger partial charge on any atom is -0.384 e. The zero-order chi connectivity index (χ0) is 9.52. The molecule has 0 unspecified atom stereocenters. The number of nitrogen functional groups attached to an aromatic ring is 1. The molecule has 0 fully saturated rings. The van der Waals surface area contributed by atoms with Crippen molar-refractivity contribution in [2.45, 2.75) is 12.8 Å². The van der Waals surface area contributed by atoms with Gasteiger partial charge < -0.3 is 11.1 Å². The van der Waals surface area contributed by atoms with Gasteiger partial charge in [0.15, 0.2) is 0 Å². The fraction of sp³-hybridized carbons (Fsp3) is 0.333. The number of rotatable bonds is 4. The molecule has 4 heteroatoms. The van der Waals surface area contributed by atoms with Crippen molar-refractivity contribution in [2.24, 2.45) is 0 Å². The molecule has 0 spiro atoms. The van der Waals surface area contributed by atoms with Crippen molar-refractivity contribution in [3.05, 3.63) is 12.3 Å². The van der Waals surface area contributed by atoms with Gasteiger partial charge in [-0.25, -0.2) is 4.98 Å². The molecule has 4 nitrogen and oxygen atoms in total. The van der Waals surface area contributed by atoms with Gasteiger partial charge in [-0.2, -0.15) is 4.98 Å². The summed E-state index contributed by atoms with van der Waals surface area (Å²) >= 11 is 0. The molecule has 1 aromatic rings. The lowest BCUT2D eigenvalue weighted by Gasteiger charge is -2.02. The van der Waals surface area contributed by atoms with E-state index in [0.717, 1.165) is 19.4 Å². The Balaban J connectivity index is 2.33. The summed E-state index contributed by atoms with van der Waals surface area (Å²) in [4.78, 5) is 7.96. The predicted octanol–water partition coefficient (Wildman–Crippen LogP) is 0.884. The molecule has 1 heterocycles. The molecule has 0 amide bonds. The van der Waals surface area contributed by atoms with E-state index in [1.54, 1.807) is 12.3 Å². The van der Waals surface area contributed by atoms with E-state index in [4.69, 9.17) is 12.2 Å². The molecule has 0 saturated carbocycles. The van der Waals surface area contributed by atoms with Gasteiger partial charge in [-0.1, -0.05) is 0 Å². The third-order valence-electron chi connectivity index (χ3n) is 1.46. The minimum absolute atomic E-state index is 0.467. The lowest BCUT2D eigenvalue weighted by atomic mass is 10.3. The van der Waals surface area contributed by atoms with Crippen molar-refractivity contribution in [1.82, 2.24) is 9.97 Å². The van der Waals surface area contributed by atoms with E-state index in [9.17, 15) is 0 Å². The second-order valence-electron chi connectivity index (χ2n) is 2.54. The van der Waals surface area contributed by atoms with Crippen molar-refractivity contribution in [3.8, 4) is 12.3 Å². The van der Waals surface area contributed by atoms with Crippen LogP contribution in [0, 0.1) is 12.3 Å². The molecule has 0 saturated heterocycles. The number of aromatic nitrogens is 2. The maximum absolute atomic E-state index is 5.47. The molecule has 1 aromatic heterocycles. The van der Waals surface area contributed by atoms with Gasteiger partial charge in [0.2, 0.25) is 5.95 Å². The molecule has 68 valence electrons. The third kappa shape index (κ3) is 3.43. The smallest absolute Gasteiger partial charge is 0.224 e. The first-order valence-corrected chi connectivity index (χ1v) is 4.09. The maximum atomic E-state index is 5.47. The van der Waals surface area contributed by atoms with Gasteiger partial charge in [-0.3, -0.25) is 0 Å². The molecule has 0 aliphatic heterocycles. The molecular weight excluding hydrogens is 164 g/mol. The van der Waals surface area contributed by atoms with Crippen LogP contribution in [0.2, 0.25) is 0 Å². The average molecular weight is 176 g/mol. The molecule has 0 radical (unpaired) electrons. The minimum atomic E-state index is 0.467. The van der Waals surface area contributed by atoms with Crippen LogP contribution in [0.3, 0.4) is 0 Å². The molecular formula is C9H12N4. The topological polar surface area (TPSA) is 63.8 Å². The second-order valence-corrected chi connectivity index (χ2v) is 2.54. The van der Waals surface area contributed by atoms with E-state index in [1.807, 2.05) is 0 Å². The number of terminal acetylenes is 1. The highest BCUT2D eigenvalue weighted by Gasteiger charge is 1.93. The first kappa shape index (κ1) is 9.33. The Morgan fingerprint density at radius 2 is 2.46 bits per heavy atom. The van der Waals surface area contributed by atoms with E-state index in [1.165, 1.54) is 0 Å². The highest BCUT2D eigenvalue weighted by atomic mass is 15.1. The van der Waals surface area contributed by atoms with Crippen molar-refractivity contribution < 1.29 is 0 Å². The summed E-state index contributed by atoms with van der Waals surface area (Å²) in [6.07, 6.45) is 8.39. The lowest BCUT2D eigenvalue weighted by molar-refractivity contribution is 0.893. The van der Waals surface area contributed by atoms with Crippen LogP contribution in [0.5, 0.6) is 0 Å². The summed E-state index contributed by atoms with van der Waals surface area (Å²) in [5.74, 6) is 3.58. The Morgan fingerprint density at radius 3 is 3.15 bits per heavy atom. The fourth-order valence-corrected chi connectivity index (χ4v) is 0.848. The van der Waals surface area contributed by atoms with E-state index < -0.39 is 0 Å². The summed E-state index contributed by atoms with van der Waals surface area (Å²) in [6, 6.07) is 1.65. The SMILES string of the molecule is C#CCCCNc1nccc(N)n1. The van der Waals surface area contributed by atoms with Crippen molar-refractivity contribution >= 4 is 11.8 Å². The van der Waals surface area contributed by atoms with Gasteiger partial charge in [0, 0.05) is 19.2 Å². The number of nitrogens with zero attached hydrogens (tertiary/aromatic N) is 2. The maximum Gasteiger partial charge on any atom is 0.224 e. The van der Waals surface area contributed by atoms with Crippen molar-refractivity contribution in [2.75, 3.05) is 17.6 Å². The molecule has 0 aromatic carbocycles. The quantitative estimate of drug-likeness (QED) is 0.528. The van der Waals surface area contributed by atoms with Crippen LogP contribution in [0.25, 0.3) is 0 Å². The van der Waals surface area contributed by atoms with E-state index in [2.05, 4.69) is 21.2 Å².